The summed E-state index contributed by atoms with van der Waals surface area (Å²) < 4.78 is 0. The van der Waals surface area contributed by atoms with E-state index in [1.54, 1.807) is 12.1 Å². The maximum Gasteiger partial charge on any atom is 0.253 e. The molecule has 0 radical (unpaired) electrons. The molecule has 2 aliphatic heterocycles. The molecule has 0 saturated carbocycles. The second-order valence-corrected chi connectivity index (χ2v) is 9.01. The molecule has 2 fully saturated rings. The molecule has 2 amide bonds. The van der Waals surface area contributed by atoms with Gasteiger partial charge in [-0.2, -0.15) is 0 Å². The van der Waals surface area contributed by atoms with Gasteiger partial charge in [0.05, 0.1) is 0 Å². The van der Waals surface area contributed by atoms with Crippen LogP contribution >= 0.6 is 11.6 Å². The van der Waals surface area contributed by atoms with Gasteiger partial charge in [0.1, 0.15) is 0 Å². The molecule has 5 nitrogen and oxygen atoms in total. The molecule has 31 heavy (non-hydrogen) atoms. The van der Waals surface area contributed by atoms with Crippen LogP contribution in [0, 0.1) is 5.92 Å². The zero-order chi connectivity index (χ0) is 21.8. The molecule has 0 bridgehead atoms. The molecular weight excluding hydrogens is 410 g/mol. The monoisotopic (exact) mass is 439 g/mol. The van der Waals surface area contributed by atoms with Gasteiger partial charge < -0.3 is 10.2 Å². The fraction of sp³-hybridized carbons (Fsp3) is 0.440. The molecule has 2 aromatic rings. The molecule has 2 atom stereocenters. The average molecular weight is 440 g/mol. The number of anilines is 1. The van der Waals surface area contributed by atoms with E-state index < -0.39 is 0 Å². The van der Waals surface area contributed by atoms with Gasteiger partial charge in [0, 0.05) is 48.4 Å². The zero-order valence-electron chi connectivity index (χ0n) is 18.0. The molecule has 2 heterocycles. The van der Waals surface area contributed by atoms with E-state index in [1.807, 2.05) is 41.3 Å². The first-order valence-corrected chi connectivity index (χ1v) is 11.6. The maximum atomic E-state index is 13.0. The Hall–Kier alpha value is -2.37. The largest absolute Gasteiger partial charge is 0.337 e. The van der Waals surface area contributed by atoms with Gasteiger partial charge in [-0.3, -0.25) is 14.5 Å². The fourth-order valence-corrected chi connectivity index (χ4v) is 4.91. The molecule has 2 saturated heterocycles. The van der Waals surface area contributed by atoms with Crippen LogP contribution in [0.3, 0.4) is 0 Å². The number of benzene rings is 2. The van der Waals surface area contributed by atoms with Crippen molar-refractivity contribution in [2.24, 2.45) is 5.92 Å². The van der Waals surface area contributed by atoms with Gasteiger partial charge in [0.15, 0.2) is 0 Å². The van der Waals surface area contributed by atoms with E-state index in [0.29, 0.717) is 29.9 Å². The molecule has 2 unspecified atom stereocenters. The molecule has 2 aliphatic rings. The number of piperidine rings is 1. The van der Waals surface area contributed by atoms with Crippen LogP contribution in [-0.4, -0.2) is 53.8 Å². The van der Waals surface area contributed by atoms with E-state index >= 15 is 0 Å². The van der Waals surface area contributed by atoms with Gasteiger partial charge in [-0.25, -0.2) is 0 Å². The summed E-state index contributed by atoms with van der Waals surface area (Å²) in [6.45, 7) is 5.38. The van der Waals surface area contributed by atoms with Gasteiger partial charge in [0.2, 0.25) is 5.91 Å². The van der Waals surface area contributed by atoms with E-state index in [9.17, 15) is 9.59 Å². The number of aryl methyl sites for hydroxylation is 1. The first-order chi connectivity index (χ1) is 15.0. The van der Waals surface area contributed by atoms with Crippen molar-refractivity contribution in [3.63, 3.8) is 0 Å². The van der Waals surface area contributed by atoms with Crippen LogP contribution in [0.15, 0.2) is 48.5 Å². The second-order valence-electron chi connectivity index (χ2n) is 8.57. The highest BCUT2D eigenvalue weighted by atomic mass is 35.5. The highest BCUT2D eigenvalue weighted by Gasteiger charge is 2.40. The number of nitrogens with zero attached hydrogens (tertiary/aromatic N) is 2. The summed E-state index contributed by atoms with van der Waals surface area (Å²) in [5, 5.41) is 3.59. The number of likely N-dealkylation sites (tertiary alicyclic amines) is 2. The standard InChI is InChI=1S/C25H30ClN3O2/c1-2-18-5-7-19(8-6-18)25(31)29-16-20-4-3-14-28(23(20)17-29)15-13-24(30)27-22-11-9-21(26)10-12-22/h5-12,20,23H,2-4,13-17H2,1H3,(H,27,30). The van der Waals surface area contributed by atoms with E-state index in [1.165, 1.54) is 5.56 Å². The minimum atomic E-state index is 0.00592. The molecule has 164 valence electrons. The Morgan fingerprint density at radius 3 is 2.52 bits per heavy atom. The molecule has 1 N–H and O–H groups in total. The van der Waals surface area contributed by atoms with Crippen LogP contribution in [0.1, 0.15) is 42.1 Å². The number of halogens is 1. The van der Waals surface area contributed by atoms with Gasteiger partial charge >= 0.3 is 0 Å². The van der Waals surface area contributed by atoms with Crippen LogP contribution in [-0.2, 0) is 11.2 Å². The average Bonchev–Trinajstić information content (AvgIpc) is 3.24. The smallest absolute Gasteiger partial charge is 0.253 e. The Kier molecular flexibility index (Phi) is 6.93. The van der Waals surface area contributed by atoms with Crippen LogP contribution < -0.4 is 5.32 Å². The molecule has 0 aromatic heterocycles. The lowest BCUT2D eigenvalue weighted by Crippen LogP contribution is -2.46. The van der Waals surface area contributed by atoms with Crippen molar-refractivity contribution in [2.75, 3.05) is 31.5 Å². The number of carbonyl (C=O) groups excluding carboxylic acids is 2. The Labute approximate surface area is 189 Å². The first kappa shape index (κ1) is 21.8. The number of hydrogen-bond acceptors (Lipinski definition) is 3. The Morgan fingerprint density at radius 1 is 1.06 bits per heavy atom. The molecule has 2 aromatic carbocycles. The lowest BCUT2D eigenvalue weighted by molar-refractivity contribution is -0.116. The molecule has 6 heteroatoms. The fourth-order valence-electron chi connectivity index (χ4n) is 4.78. The topological polar surface area (TPSA) is 52.7 Å². The highest BCUT2D eigenvalue weighted by Crippen LogP contribution is 2.31. The third kappa shape index (κ3) is 5.28. The SMILES string of the molecule is CCc1ccc(C(=O)N2CC3CCCN(CCC(=O)Nc4ccc(Cl)cc4)C3C2)cc1. The highest BCUT2D eigenvalue weighted by molar-refractivity contribution is 6.30. The summed E-state index contributed by atoms with van der Waals surface area (Å²) in [5.41, 5.74) is 2.78. The lowest BCUT2D eigenvalue weighted by Gasteiger charge is -2.36. The predicted molar refractivity (Wildman–Crippen MR) is 125 cm³/mol. The summed E-state index contributed by atoms with van der Waals surface area (Å²) in [6.07, 6.45) is 3.69. The number of fused-ring (bicyclic) bond motifs is 1. The van der Waals surface area contributed by atoms with Gasteiger partial charge in [-0.15, -0.1) is 0 Å². The minimum absolute atomic E-state index is 0.00592. The van der Waals surface area contributed by atoms with Crippen LogP contribution in [0.25, 0.3) is 0 Å². The molecular formula is C25H30ClN3O2. The summed E-state index contributed by atoms with van der Waals surface area (Å²) in [5.74, 6) is 0.621. The molecule has 0 aliphatic carbocycles. The van der Waals surface area contributed by atoms with E-state index in [-0.39, 0.29) is 11.8 Å². The number of amides is 2. The quantitative estimate of drug-likeness (QED) is 0.722. The van der Waals surface area contributed by atoms with Crippen molar-refractivity contribution in [1.82, 2.24) is 9.80 Å². The maximum absolute atomic E-state index is 13.0. The number of rotatable bonds is 6. The lowest BCUT2D eigenvalue weighted by atomic mass is 9.92. The van der Waals surface area contributed by atoms with E-state index in [2.05, 4.69) is 17.1 Å². The summed E-state index contributed by atoms with van der Waals surface area (Å²) in [7, 11) is 0. The van der Waals surface area contributed by atoms with Gasteiger partial charge in [-0.05, 0) is 73.7 Å². The van der Waals surface area contributed by atoms with E-state index in [0.717, 1.165) is 50.1 Å². The second kappa shape index (κ2) is 9.84. The Morgan fingerprint density at radius 2 is 1.81 bits per heavy atom. The molecule has 0 spiro atoms. The van der Waals surface area contributed by atoms with Crippen molar-refractivity contribution in [3.05, 3.63) is 64.7 Å². The van der Waals surface area contributed by atoms with Crippen molar-refractivity contribution in [3.8, 4) is 0 Å². The third-order valence-corrected chi connectivity index (χ3v) is 6.80. The van der Waals surface area contributed by atoms with Crippen LogP contribution in [0.4, 0.5) is 5.69 Å². The van der Waals surface area contributed by atoms with Crippen molar-refractivity contribution >= 4 is 29.1 Å². The summed E-state index contributed by atoms with van der Waals surface area (Å²) >= 11 is 5.90. The molecule has 4 rings (SSSR count). The first-order valence-electron chi connectivity index (χ1n) is 11.2. The van der Waals surface area contributed by atoms with Crippen molar-refractivity contribution in [1.29, 1.82) is 0 Å². The minimum Gasteiger partial charge on any atom is -0.337 e. The Balaban J connectivity index is 1.32. The van der Waals surface area contributed by atoms with Crippen LogP contribution in [0.5, 0.6) is 0 Å². The Bertz CT molecular complexity index is 913. The summed E-state index contributed by atoms with van der Waals surface area (Å²) in [6, 6.07) is 15.5. The number of nitrogens with one attached hydrogen (secondary N) is 1. The number of hydrogen-bond donors (Lipinski definition) is 1. The predicted octanol–water partition coefficient (Wildman–Crippen LogP) is 4.47. The van der Waals surface area contributed by atoms with Gasteiger partial charge in [0.25, 0.3) is 5.91 Å². The van der Waals surface area contributed by atoms with Crippen molar-refractivity contribution in [2.45, 2.75) is 38.6 Å². The zero-order valence-corrected chi connectivity index (χ0v) is 18.8. The van der Waals surface area contributed by atoms with E-state index in [4.69, 9.17) is 11.6 Å². The van der Waals surface area contributed by atoms with Gasteiger partial charge in [-0.1, -0.05) is 30.7 Å². The normalized spacial score (nSPS) is 21.0. The third-order valence-electron chi connectivity index (χ3n) is 6.55. The van der Waals surface area contributed by atoms with Crippen LogP contribution in [0.2, 0.25) is 5.02 Å². The number of carbonyl (C=O) groups is 2. The van der Waals surface area contributed by atoms with Crippen molar-refractivity contribution < 1.29 is 9.59 Å². The summed E-state index contributed by atoms with van der Waals surface area (Å²) in [4.78, 5) is 29.8.